The Balaban J connectivity index is 1.69. The average Bonchev–Trinajstić information content (AvgIpc) is 3.29. The van der Waals surface area contributed by atoms with Crippen LogP contribution in [0.25, 0.3) is 11.6 Å². The SMILES string of the molecule is CCCCn1c(SCC(=O)Nc2ccccc2F)nnc1-c1ccco1. The second-order valence-electron chi connectivity index (χ2n) is 5.61. The van der Waals surface area contributed by atoms with Crippen molar-refractivity contribution in [2.75, 3.05) is 11.1 Å². The molecular weight excluding hydrogens is 355 g/mol. The monoisotopic (exact) mass is 374 g/mol. The van der Waals surface area contributed by atoms with Crippen LogP contribution in [0.15, 0.2) is 52.2 Å². The Bertz CT molecular complexity index is 864. The number of hydrogen-bond donors (Lipinski definition) is 1. The highest BCUT2D eigenvalue weighted by atomic mass is 32.2. The Morgan fingerprint density at radius 1 is 1.27 bits per heavy atom. The van der Waals surface area contributed by atoms with E-state index in [1.807, 2.05) is 10.6 Å². The van der Waals surface area contributed by atoms with Crippen LogP contribution in [-0.2, 0) is 11.3 Å². The molecule has 3 aromatic rings. The van der Waals surface area contributed by atoms with Gasteiger partial charge in [0.05, 0.1) is 17.7 Å². The Hall–Kier alpha value is -2.61. The number of nitrogens with one attached hydrogen (secondary N) is 1. The van der Waals surface area contributed by atoms with Gasteiger partial charge in [0.1, 0.15) is 5.82 Å². The minimum absolute atomic E-state index is 0.108. The van der Waals surface area contributed by atoms with Crippen LogP contribution in [0, 0.1) is 5.82 Å². The van der Waals surface area contributed by atoms with Gasteiger partial charge in [-0.1, -0.05) is 37.2 Å². The van der Waals surface area contributed by atoms with Crippen molar-refractivity contribution in [2.24, 2.45) is 0 Å². The molecule has 6 nitrogen and oxygen atoms in total. The van der Waals surface area contributed by atoms with E-state index in [4.69, 9.17) is 4.42 Å². The van der Waals surface area contributed by atoms with Crippen LogP contribution in [-0.4, -0.2) is 26.4 Å². The number of amides is 1. The molecule has 1 aromatic carbocycles. The summed E-state index contributed by atoms with van der Waals surface area (Å²) < 4.78 is 21.0. The summed E-state index contributed by atoms with van der Waals surface area (Å²) >= 11 is 1.26. The smallest absolute Gasteiger partial charge is 0.234 e. The predicted molar refractivity (Wildman–Crippen MR) is 98.4 cm³/mol. The summed E-state index contributed by atoms with van der Waals surface area (Å²) in [6.45, 7) is 2.84. The number of aromatic nitrogens is 3. The number of furan rings is 1. The maximum absolute atomic E-state index is 13.6. The number of rotatable bonds is 8. The van der Waals surface area contributed by atoms with E-state index < -0.39 is 5.82 Å². The molecule has 0 aliphatic carbocycles. The van der Waals surface area contributed by atoms with Gasteiger partial charge in [0, 0.05) is 6.54 Å². The molecule has 0 atom stereocenters. The van der Waals surface area contributed by atoms with Crippen molar-refractivity contribution in [1.82, 2.24) is 14.8 Å². The lowest BCUT2D eigenvalue weighted by atomic mass is 10.3. The molecule has 0 bridgehead atoms. The zero-order valence-corrected chi connectivity index (χ0v) is 15.1. The van der Waals surface area contributed by atoms with Gasteiger partial charge >= 0.3 is 0 Å². The molecule has 3 rings (SSSR count). The highest BCUT2D eigenvalue weighted by Gasteiger charge is 2.17. The van der Waals surface area contributed by atoms with Crippen LogP contribution >= 0.6 is 11.8 Å². The second-order valence-corrected chi connectivity index (χ2v) is 6.55. The lowest BCUT2D eigenvalue weighted by Crippen LogP contribution is -2.15. The molecule has 0 unspecified atom stereocenters. The van der Waals surface area contributed by atoms with Gasteiger partial charge in [0.25, 0.3) is 0 Å². The number of para-hydroxylation sites is 1. The van der Waals surface area contributed by atoms with Crippen molar-refractivity contribution in [2.45, 2.75) is 31.5 Å². The van der Waals surface area contributed by atoms with Gasteiger partial charge in [-0.2, -0.15) is 0 Å². The van der Waals surface area contributed by atoms with Gasteiger partial charge in [-0.25, -0.2) is 4.39 Å². The molecule has 0 saturated heterocycles. The quantitative estimate of drug-likeness (QED) is 0.598. The van der Waals surface area contributed by atoms with Gasteiger partial charge in [-0.15, -0.1) is 10.2 Å². The van der Waals surface area contributed by atoms with Gasteiger partial charge < -0.3 is 9.73 Å². The first-order valence-electron chi connectivity index (χ1n) is 8.33. The third-order valence-electron chi connectivity index (χ3n) is 3.67. The number of hydrogen-bond acceptors (Lipinski definition) is 5. The molecule has 136 valence electrons. The number of carbonyl (C=O) groups is 1. The topological polar surface area (TPSA) is 73.0 Å². The molecule has 1 amide bonds. The average molecular weight is 374 g/mol. The van der Waals surface area contributed by atoms with E-state index in [0.717, 1.165) is 19.4 Å². The van der Waals surface area contributed by atoms with E-state index in [9.17, 15) is 9.18 Å². The van der Waals surface area contributed by atoms with Crippen molar-refractivity contribution in [1.29, 1.82) is 0 Å². The molecule has 0 spiro atoms. The number of anilines is 1. The van der Waals surface area contributed by atoms with Crippen LogP contribution in [0.1, 0.15) is 19.8 Å². The summed E-state index contributed by atoms with van der Waals surface area (Å²) in [6.07, 6.45) is 3.57. The van der Waals surface area contributed by atoms with Gasteiger partial charge in [0.2, 0.25) is 5.91 Å². The van der Waals surface area contributed by atoms with Crippen LogP contribution in [0.5, 0.6) is 0 Å². The molecule has 0 aliphatic heterocycles. The number of unbranched alkanes of at least 4 members (excludes halogenated alkanes) is 1. The molecule has 8 heteroatoms. The molecule has 0 fully saturated rings. The predicted octanol–water partition coefficient (Wildman–Crippen LogP) is 4.21. The normalized spacial score (nSPS) is 10.8. The largest absolute Gasteiger partial charge is 0.461 e. The van der Waals surface area contributed by atoms with Crippen molar-refractivity contribution >= 4 is 23.4 Å². The lowest BCUT2D eigenvalue weighted by molar-refractivity contribution is -0.113. The van der Waals surface area contributed by atoms with Crippen LogP contribution in [0.4, 0.5) is 10.1 Å². The van der Waals surface area contributed by atoms with Gasteiger partial charge in [-0.05, 0) is 30.7 Å². The van der Waals surface area contributed by atoms with E-state index in [1.54, 1.807) is 24.5 Å². The summed E-state index contributed by atoms with van der Waals surface area (Å²) in [5, 5.41) is 11.6. The third kappa shape index (κ3) is 4.32. The number of halogens is 1. The molecule has 0 saturated carbocycles. The van der Waals surface area contributed by atoms with Crippen molar-refractivity contribution in [3.05, 3.63) is 48.5 Å². The van der Waals surface area contributed by atoms with Crippen LogP contribution < -0.4 is 5.32 Å². The Kier molecular flexibility index (Phi) is 6.06. The Morgan fingerprint density at radius 2 is 2.12 bits per heavy atom. The number of nitrogens with zero attached hydrogens (tertiary/aromatic N) is 3. The first-order chi connectivity index (χ1) is 12.7. The molecular formula is C18H19FN4O2S. The van der Waals surface area contributed by atoms with Gasteiger partial charge in [0.15, 0.2) is 16.7 Å². The highest BCUT2D eigenvalue weighted by Crippen LogP contribution is 2.25. The molecule has 26 heavy (non-hydrogen) atoms. The second kappa shape index (κ2) is 8.66. The summed E-state index contributed by atoms with van der Waals surface area (Å²) in [5.74, 6) is 0.620. The van der Waals surface area contributed by atoms with E-state index in [0.29, 0.717) is 16.7 Å². The zero-order valence-electron chi connectivity index (χ0n) is 14.3. The minimum Gasteiger partial charge on any atom is -0.461 e. The van der Waals surface area contributed by atoms with E-state index in [2.05, 4.69) is 22.4 Å². The summed E-state index contributed by atoms with van der Waals surface area (Å²) in [5.41, 5.74) is 0.168. The molecule has 2 heterocycles. The third-order valence-corrected chi connectivity index (χ3v) is 4.64. The molecule has 2 aromatic heterocycles. The van der Waals surface area contributed by atoms with Crippen molar-refractivity contribution < 1.29 is 13.6 Å². The fourth-order valence-electron chi connectivity index (χ4n) is 2.38. The Labute approximate surface area is 154 Å². The fourth-order valence-corrected chi connectivity index (χ4v) is 3.14. The number of thioether (sulfide) groups is 1. The standard InChI is InChI=1S/C18H19FN4O2S/c1-2-3-10-23-17(15-9-6-11-25-15)21-22-18(23)26-12-16(24)20-14-8-5-4-7-13(14)19/h4-9,11H,2-3,10,12H2,1H3,(H,20,24). The Morgan fingerprint density at radius 3 is 2.85 bits per heavy atom. The lowest BCUT2D eigenvalue weighted by Gasteiger charge is -2.09. The first kappa shape index (κ1) is 18.2. The molecule has 0 aliphatic rings. The minimum atomic E-state index is -0.461. The maximum Gasteiger partial charge on any atom is 0.234 e. The van der Waals surface area contributed by atoms with E-state index in [1.165, 1.54) is 23.9 Å². The number of benzene rings is 1. The van der Waals surface area contributed by atoms with E-state index >= 15 is 0 Å². The van der Waals surface area contributed by atoms with Crippen LogP contribution in [0.3, 0.4) is 0 Å². The van der Waals surface area contributed by atoms with Crippen molar-refractivity contribution in [3.8, 4) is 11.6 Å². The summed E-state index contributed by atoms with van der Waals surface area (Å²) in [7, 11) is 0. The molecule has 1 N–H and O–H groups in total. The summed E-state index contributed by atoms with van der Waals surface area (Å²) in [4.78, 5) is 12.1. The zero-order chi connectivity index (χ0) is 18.4. The fraction of sp³-hybridized carbons (Fsp3) is 0.278. The number of carbonyl (C=O) groups excluding carboxylic acids is 1. The maximum atomic E-state index is 13.6. The van der Waals surface area contributed by atoms with Crippen molar-refractivity contribution in [3.63, 3.8) is 0 Å². The highest BCUT2D eigenvalue weighted by molar-refractivity contribution is 7.99. The van der Waals surface area contributed by atoms with Crippen LogP contribution in [0.2, 0.25) is 0 Å². The summed E-state index contributed by atoms with van der Waals surface area (Å²) in [6, 6.07) is 9.69. The van der Waals surface area contributed by atoms with Gasteiger partial charge in [-0.3, -0.25) is 9.36 Å². The molecule has 0 radical (unpaired) electrons. The first-order valence-corrected chi connectivity index (χ1v) is 9.32. The van der Waals surface area contributed by atoms with E-state index in [-0.39, 0.29) is 17.3 Å².